The maximum Gasteiger partial charge on any atom is 0.319 e. The number of piperidine rings is 1. The number of benzene rings is 2. The third kappa shape index (κ3) is 8.85. The molecule has 0 aromatic heterocycles. The lowest BCUT2D eigenvalue weighted by Gasteiger charge is -2.45. The second kappa shape index (κ2) is 16.0. The predicted octanol–water partition coefficient (Wildman–Crippen LogP) is 6.58. The number of methoxy groups -OCH3 is 1. The summed E-state index contributed by atoms with van der Waals surface area (Å²) in [4.78, 5) is 33.4. The fourth-order valence-electron chi connectivity index (χ4n) is 7.53. The van der Waals surface area contributed by atoms with Crippen LogP contribution in [0.3, 0.4) is 0 Å². The Morgan fingerprint density at radius 2 is 1.49 bits per heavy atom. The van der Waals surface area contributed by atoms with Crippen LogP contribution in [-0.2, 0) is 11.2 Å². The standard InChI is InChI=1S/C36H52ClN5O3/c1-40(2)36(44)42(30-9-5-4-6-10-30)31-21-23-41(24-22-31)35(43)33(25-26-13-15-27(37)16-14-26)39-29-19-17-28(18-20-29)38-32-11-7-8-12-34(32)45-3/h7-8,11-16,28-31,33,38-39H,4-6,9-10,17-25H2,1-3H3/t28-,29+,33-/m1/s1. The summed E-state index contributed by atoms with van der Waals surface area (Å²) in [5, 5.41) is 8.17. The normalized spacial score (nSPS) is 22.0. The van der Waals surface area contributed by atoms with E-state index in [2.05, 4.69) is 21.6 Å². The van der Waals surface area contributed by atoms with Gasteiger partial charge in [-0.25, -0.2) is 4.79 Å². The highest BCUT2D eigenvalue weighted by molar-refractivity contribution is 6.30. The van der Waals surface area contributed by atoms with E-state index >= 15 is 0 Å². The van der Waals surface area contributed by atoms with Crippen molar-refractivity contribution in [2.45, 2.75) is 107 Å². The molecule has 5 rings (SSSR count). The molecule has 0 radical (unpaired) electrons. The van der Waals surface area contributed by atoms with Crippen molar-refractivity contribution < 1.29 is 14.3 Å². The van der Waals surface area contributed by atoms with Crippen molar-refractivity contribution in [1.82, 2.24) is 20.0 Å². The van der Waals surface area contributed by atoms with Crippen LogP contribution >= 0.6 is 11.6 Å². The van der Waals surface area contributed by atoms with Crippen molar-refractivity contribution in [2.24, 2.45) is 0 Å². The fraction of sp³-hybridized carbons (Fsp3) is 0.611. The number of amides is 3. The number of carbonyl (C=O) groups is 2. The molecule has 1 saturated heterocycles. The number of para-hydroxylation sites is 2. The molecule has 2 N–H and O–H groups in total. The monoisotopic (exact) mass is 637 g/mol. The maximum atomic E-state index is 14.2. The highest BCUT2D eigenvalue weighted by atomic mass is 35.5. The topological polar surface area (TPSA) is 77.1 Å². The Hall–Kier alpha value is -2.97. The van der Waals surface area contributed by atoms with Gasteiger partial charge in [0.05, 0.1) is 18.8 Å². The first-order valence-corrected chi connectivity index (χ1v) is 17.4. The van der Waals surface area contributed by atoms with Gasteiger partial charge >= 0.3 is 6.03 Å². The minimum absolute atomic E-state index is 0.116. The third-order valence-electron chi connectivity index (χ3n) is 10.0. The van der Waals surface area contributed by atoms with Gasteiger partial charge in [0.1, 0.15) is 5.75 Å². The summed E-state index contributed by atoms with van der Waals surface area (Å²) >= 11 is 6.18. The van der Waals surface area contributed by atoms with Crippen molar-refractivity contribution in [3.8, 4) is 5.75 Å². The molecule has 1 aliphatic heterocycles. The SMILES string of the molecule is COc1ccccc1N[C@H]1CC[C@@H](N[C@H](Cc2ccc(Cl)cc2)C(=O)N2CCC(N(C(=O)N(C)C)C3CCCCC3)CC2)CC1. The molecule has 1 heterocycles. The van der Waals surface area contributed by atoms with E-state index in [1.165, 1.54) is 19.3 Å². The van der Waals surface area contributed by atoms with Gasteiger partial charge < -0.3 is 30.1 Å². The van der Waals surface area contributed by atoms with Crippen molar-refractivity contribution in [3.63, 3.8) is 0 Å². The van der Waals surface area contributed by atoms with Crippen molar-refractivity contribution in [2.75, 3.05) is 39.6 Å². The first-order valence-electron chi connectivity index (χ1n) is 17.0. The Morgan fingerprint density at radius 1 is 0.867 bits per heavy atom. The number of nitrogens with zero attached hydrogens (tertiary/aromatic N) is 3. The lowest BCUT2D eigenvalue weighted by molar-refractivity contribution is -0.135. The Morgan fingerprint density at radius 3 is 2.13 bits per heavy atom. The number of hydrogen-bond donors (Lipinski definition) is 2. The average molecular weight is 638 g/mol. The summed E-state index contributed by atoms with van der Waals surface area (Å²) in [6.45, 7) is 1.36. The van der Waals surface area contributed by atoms with Gasteiger partial charge in [-0.1, -0.05) is 55.1 Å². The molecule has 9 heteroatoms. The van der Waals surface area contributed by atoms with Gasteiger partial charge in [0.25, 0.3) is 0 Å². The first-order chi connectivity index (χ1) is 21.8. The molecule has 45 heavy (non-hydrogen) atoms. The number of halogens is 1. The Kier molecular flexibility index (Phi) is 11.9. The van der Waals surface area contributed by atoms with E-state index in [0.29, 0.717) is 36.6 Å². The highest BCUT2D eigenvalue weighted by Gasteiger charge is 2.37. The number of carbonyl (C=O) groups excluding carboxylic acids is 2. The molecule has 1 atom stereocenters. The largest absolute Gasteiger partial charge is 0.495 e. The highest BCUT2D eigenvalue weighted by Crippen LogP contribution is 2.31. The van der Waals surface area contributed by atoms with Crippen LogP contribution in [0.2, 0.25) is 5.02 Å². The molecule has 8 nitrogen and oxygen atoms in total. The number of anilines is 1. The number of likely N-dealkylation sites (tertiary alicyclic amines) is 1. The molecule has 2 aromatic carbocycles. The first kappa shape index (κ1) is 33.4. The summed E-state index contributed by atoms with van der Waals surface area (Å²) in [6, 6.07) is 16.9. The summed E-state index contributed by atoms with van der Waals surface area (Å²) < 4.78 is 5.53. The zero-order chi connectivity index (χ0) is 31.8. The van der Waals surface area contributed by atoms with Crippen molar-refractivity contribution >= 4 is 29.2 Å². The smallest absolute Gasteiger partial charge is 0.319 e. The Labute approximate surface area is 274 Å². The molecule has 0 spiro atoms. The zero-order valence-electron chi connectivity index (χ0n) is 27.3. The molecule has 0 bridgehead atoms. The van der Waals surface area contributed by atoms with Gasteiger partial charge in [-0.3, -0.25) is 4.79 Å². The zero-order valence-corrected chi connectivity index (χ0v) is 28.1. The number of ether oxygens (including phenoxy) is 1. The summed E-state index contributed by atoms with van der Waals surface area (Å²) in [5.74, 6) is 1.03. The quantitative estimate of drug-likeness (QED) is 0.308. The predicted molar refractivity (Wildman–Crippen MR) is 182 cm³/mol. The van der Waals surface area contributed by atoms with Crippen LogP contribution in [0.5, 0.6) is 5.75 Å². The van der Waals surface area contributed by atoms with E-state index in [1.54, 1.807) is 12.0 Å². The van der Waals surface area contributed by atoms with Crippen LogP contribution in [0, 0.1) is 0 Å². The molecule has 0 unspecified atom stereocenters. The molecule has 246 valence electrons. The molecular formula is C36H52ClN5O3. The molecule has 2 aromatic rings. The lowest BCUT2D eigenvalue weighted by Crippen LogP contribution is -2.58. The Balaban J connectivity index is 1.21. The van der Waals surface area contributed by atoms with Gasteiger partial charge in [-0.05, 0) is 87.6 Å². The Bertz CT molecular complexity index is 1240. The van der Waals surface area contributed by atoms with E-state index in [9.17, 15) is 9.59 Å². The molecule has 2 saturated carbocycles. The second-order valence-corrected chi connectivity index (χ2v) is 13.8. The van der Waals surface area contributed by atoms with E-state index < -0.39 is 0 Å². The minimum atomic E-state index is -0.302. The fourth-order valence-corrected chi connectivity index (χ4v) is 7.66. The maximum absolute atomic E-state index is 14.2. The van der Waals surface area contributed by atoms with Crippen LogP contribution in [-0.4, -0.2) is 91.1 Å². The molecule has 3 aliphatic rings. The third-order valence-corrected chi connectivity index (χ3v) is 10.3. The van der Waals surface area contributed by atoms with Gasteiger partial charge in [-0.2, -0.15) is 0 Å². The number of hydrogen-bond acceptors (Lipinski definition) is 5. The summed E-state index contributed by atoms with van der Waals surface area (Å²) in [6.07, 6.45) is 12.2. The lowest BCUT2D eigenvalue weighted by atomic mass is 9.89. The van der Waals surface area contributed by atoms with Crippen molar-refractivity contribution in [3.05, 3.63) is 59.1 Å². The number of rotatable bonds is 10. The second-order valence-electron chi connectivity index (χ2n) is 13.4. The van der Waals surface area contributed by atoms with E-state index in [-0.39, 0.29) is 30.1 Å². The van der Waals surface area contributed by atoms with Crippen LogP contribution in [0.25, 0.3) is 0 Å². The molecular weight excluding hydrogens is 586 g/mol. The number of nitrogens with one attached hydrogen (secondary N) is 2. The average Bonchev–Trinajstić information content (AvgIpc) is 3.07. The summed E-state index contributed by atoms with van der Waals surface area (Å²) in [7, 11) is 5.41. The van der Waals surface area contributed by atoms with Gasteiger partial charge in [-0.15, -0.1) is 0 Å². The van der Waals surface area contributed by atoms with Gasteiger partial charge in [0, 0.05) is 56.4 Å². The van der Waals surface area contributed by atoms with Gasteiger partial charge in [0.2, 0.25) is 5.91 Å². The van der Waals surface area contributed by atoms with Crippen LogP contribution in [0.1, 0.15) is 76.2 Å². The van der Waals surface area contributed by atoms with E-state index in [1.807, 2.05) is 61.5 Å². The minimum Gasteiger partial charge on any atom is -0.495 e. The van der Waals surface area contributed by atoms with E-state index in [4.69, 9.17) is 16.3 Å². The molecule has 2 aliphatic carbocycles. The summed E-state index contributed by atoms with van der Waals surface area (Å²) in [5.41, 5.74) is 2.14. The van der Waals surface area contributed by atoms with Crippen LogP contribution < -0.4 is 15.4 Å². The molecule has 3 amide bonds. The van der Waals surface area contributed by atoms with Crippen LogP contribution in [0.15, 0.2) is 48.5 Å². The van der Waals surface area contributed by atoms with Crippen LogP contribution in [0.4, 0.5) is 10.5 Å². The molecule has 3 fully saturated rings. The van der Waals surface area contributed by atoms with E-state index in [0.717, 1.165) is 68.4 Å². The van der Waals surface area contributed by atoms with Crippen molar-refractivity contribution in [1.29, 1.82) is 0 Å². The number of urea groups is 1. The van der Waals surface area contributed by atoms with Gasteiger partial charge in [0.15, 0.2) is 0 Å².